The lowest BCUT2D eigenvalue weighted by Crippen LogP contribution is -2.56. The highest BCUT2D eigenvalue weighted by atomic mass is 28.4. The van der Waals surface area contributed by atoms with E-state index in [0.717, 1.165) is 0 Å². The molecular weight excluding hydrogens is 408 g/mol. The third-order valence-corrected chi connectivity index (χ3v) is 9.15. The van der Waals surface area contributed by atoms with Gasteiger partial charge < -0.3 is 29.3 Å². The highest BCUT2D eigenvalue weighted by molar-refractivity contribution is 6.74. The van der Waals surface area contributed by atoms with E-state index in [-0.39, 0.29) is 24.9 Å². The van der Waals surface area contributed by atoms with Crippen LogP contribution in [0.1, 0.15) is 48.5 Å². The SMILES string of the molecule is CCOC(=O)[C@H](CO[Si](C)(C)C(C)(C)C)NC(=O)[C@H](COC)NC(=O)OC(C)(C)C. The second-order valence-electron chi connectivity index (χ2n) is 9.54. The number of rotatable bonds is 10. The van der Waals surface area contributed by atoms with Crippen LogP contribution in [0, 0.1) is 0 Å². The Bertz CT molecular complexity index is 583. The Morgan fingerprint density at radius 1 is 0.933 bits per heavy atom. The number of carbonyl (C=O) groups excluding carboxylic acids is 3. The molecule has 0 aliphatic rings. The molecular formula is C20H40N2O7Si. The molecule has 0 fully saturated rings. The van der Waals surface area contributed by atoms with Crippen molar-refractivity contribution in [1.29, 1.82) is 0 Å². The maximum Gasteiger partial charge on any atom is 0.408 e. The van der Waals surface area contributed by atoms with Crippen molar-refractivity contribution in [3.05, 3.63) is 0 Å². The van der Waals surface area contributed by atoms with Crippen molar-refractivity contribution in [3.63, 3.8) is 0 Å². The number of methoxy groups -OCH3 is 1. The monoisotopic (exact) mass is 448 g/mol. The number of carbonyl (C=O) groups is 3. The average molecular weight is 449 g/mol. The number of ether oxygens (including phenoxy) is 3. The molecule has 2 amide bonds. The molecule has 0 aromatic carbocycles. The second-order valence-corrected chi connectivity index (χ2v) is 14.3. The first-order valence-corrected chi connectivity index (χ1v) is 13.0. The number of nitrogens with one attached hydrogen (secondary N) is 2. The summed E-state index contributed by atoms with van der Waals surface area (Å²) < 4.78 is 21.4. The van der Waals surface area contributed by atoms with Gasteiger partial charge in [0.15, 0.2) is 8.32 Å². The molecule has 0 saturated carbocycles. The van der Waals surface area contributed by atoms with Gasteiger partial charge in [-0.3, -0.25) is 4.79 Å². The van der Waals surface area contributed by atoms with E-state index in [9.17, 15) is 14.4 Å². The van der Waals surface area contributed by atoms with Crippen LogP contribution in [0.2, 0.25) is 18.1 Å². The quantitative estimate of drug-likeness (QED) is 0.390. The van der Waals surface area contributed by atoms with Gasteiger partial charge in [-0.05, 0) is 45.8 Å². The summed E-state index contributed by atoms with van der Waals surface area (Å²) >= 11 is 0. The van der Waals surface area contributed by atoms with Crippen LogP contribution in [-0.4, -0.2) is 70.9 Å². The lowest BCUT2D eigenvalue weighted by atomic mass is 10.2. The molecule has 0 radical (unpaired) electrons. The summed E-state index contributed by atoms with van der Waals surface area (Å²) in [5.41, 5.74) is -0.720. The van der Waals surface area contributed by atoms with Gasteiger partial charge in [0.2, 0.25) is 5.91 Å². The fourth-order valence-electron chi connectivity index (χ4n) is 1.99. The Morgan fingerprint density at radius 3 is 1.93 bits per heavy atom. The maximum atomic E-state index is 12.8. The molecule has 30 heavy (non-hydrogen) atoms. The molecule has 0 bridgehead atoms. The van der Waals surface area contributed by atoms with Crippen molar-refractivity contribution in [2.75, 3.05) is 26.9 Å². The van der Waals surface area contributed by atoms with E-state index < -0.39 is 44.0 Å². The van der Waals surface area contributed by atoms with Crippen LogP contribution in [0.15, 0.2) is 0 Å². The van der Waals surface area contributed by atoms with Gasteiger partial charge in [-0.2, -0.15) is 0 Å². The fourth-order valence-corrected chi connectivity index (χ4v) is 3.01. The number of amides is 2. The van der Waals surface area contributed by atoms with Crippen LogP contribution in [-0.2, 0) is 28.2 Å². The summed E-state index contributed by atoms with van der Waals surface area (Å²) in [6.45, 7) is 17.2. The van der Waals surface area contributed by atoms with Crippen molar-refractivity contribution in [2.45, 2.75) is 84.3 Å². The highest BCUT2D eigenvalue weighted by Crippen LogP contribution is 2.36. The number of hydrogen-bond donors (Lipinski definition) is 2. The molecule has 0 saturated heterocycles. The van der Waals surface area contributed by atoms with Crippen molar-refractivity contribution < 1.29 is 33.0 Å². The second kappa shape index (κ2) is 11.7. The number of hydrogen-bond acceptors (Lipinski definition) is 7. The van der Waals surface area contributed by atoms with Gasteiger partial charge in [0.25, 0.3) is 0 Å². The summed E-state index contributed by atoms with van der Waals surface area (Å²) in [5.74, 6) is -1.20. The molecule has 9 nitrogen and oxygen atoms in total. The Labute approximate surface area is 181 Å². The smallest absolute Gasteiger partial charge is 0.408 e. The van der Waals surface area contributed by atoms with Crippen molar-refractivity contribution in [2.24, 2.45) is 0 Å². The predicted molar refractivity (Wildman–Crippen MR) is 117 cm³/mol. The first kappa shape index (κ1) is 28.3. The highest BCUT2D eigenvalue weighted by Gasteiger charge is 2.39. The van der Waals surface area contributed by atoms with E-state index in [2.05, 4.69) is 44.5 Å². The van der Waals surface area contributed by atoms with Gasteiger partial charge >= 0.3 is 12.1 Å². The minimum atomic E-state index is -2.16. The van der Waals surface area contributed by atoms with E-state index in [1.807, 2.05) is 0 Å². The van der Waals surface area contributed by atoms with E-state index in [0.29, 0.717) is 0 Å². The van der Waals surface area contributed by atoms with Gasteiger partial charge in [0.05, 0.1) is 19.8 Å². The molecule has 2 atom stereocenters. The van der Waals surface area contributed by atoms with Crippen LogP contribution in [0.4, 0.5) is 4.79 Å². The molecule has 0 heterocycles. The lowest BCUT2D eigenvalue weighted by Gasteiger charge is -2.37. The van der Waals surface area contributed by atoms with E-state index in [4.69, 9.17) is 18.6 Å². The van der Waals surface area contributed by atoms with E-state index in [1.165, 1.54) is 7.11 Å². The van der Waals surface area contributed by atoms with Gasteiger partial charge in [-0.15, -0.1) is 0 Å². The largest absolute Gasteiger partial charge is 0.464 e. The summed E-state index contributed by atoms with van der Waals surface area (Å²) in [6.07, 6.45) is -0.759. The molecule has 0 rings (SSSR count). The molecule has 0 aliphatic heterocycles. The minimum absolute atomic E-state index is 0.0206. The molecule has 0 unspecified atom stereocenters. The Hall–Kier alpha value is -1.65. The summed E-state index contributed by atoms with van der Waals surface area (Å²) in [5, 5.41) is 5.01. The molecule has 0 aromatic heterocycles. The third-order valence-electron chi connectivity index (χ3n) is 4.65. The van der Waals surface area contributed by atoms with Crippen LogP contribution >= 0.6 is 0 Å². The minimum Gasteiger partial charge on any atom is -0.464 e. The average Bonchev–Trinajstić information content (AvgIpc) is 2.55. The predicted octanol–water partition coefficient (Wildman–Crippen LogP) is 2.60. The summed E-state index contributed by atoms with van der Waals surface area (Å²) in [6, 6.07) is -2.05. The first-order chi connectivity index (χ1) is 13.5. The van der Waals surface area contributed by atoms with Gasteiger partial charge in [0, 0.05) is 7.11 Å². The molecule has 176 valence electrons. The molecule has 0 aliphatic carbocycles. The van der Waals surface area contributed by atoms with Crippen LogP contribution in [0.25, 0.3) is 0 Å². The number of alkyl carbamates (subject to hydrolysis) is 1. The fraction of sp³-hybridized carbons (Fsp3) is 0.850. The zero-order valence-electron chi connectivity index (χ0n) is 20.1. The van der Waals surface area contributed by atoms with Crippen molar-refractivity contribution in [1.82, 2.24) is 10.6 Å². The summed E-state index contributed by atoms with van der Waals surface area (Å²) in [4.78, 5) is 37.2. The topological polar surface area (TPSA) is 112 Å². The molecule has 2 N–H and O–H groups in total. The normalized spacial score (nSPS) is 14.5. The van der Waals surface area contributed by atoms with Crippen LogP contribution < -0.4 is 10.6 Å². The number of esters is 1. The molecule has 0 aromatic rings. The van der Waals surface area contributed by atoms with Crippen molar-refractivity contribution in [3.8, 4) is 0 Å². The Kier molecular flexibility index (Phi) is 11.0. The molecule has 0 spiro atoms. The Balaban J connectivity index is 5.30. The van der Waals surface area contributed by atoms with Crippen LogP contribution in [0.3, 0.4) is 0 Å². The lowest BCUT2D eigenvalue weighted by molar-refractivity contribution is -0.148. The van der Waals surface area contributed by atoms with E-state index in [1.54, 1.807) is 27.7 Å². The Morgan fingerprint density at radius 2 is 1.50 bits per heavy atom. The molecule has 10 heteroatoms. The first-order valence-electron chi connectivity index (χ1n) is 10.1. The van der Waals surface area contributed by atoms with Crippen molar-refractivity contribution >= 4 is 26.3 Å². The van der Waals surface area contributed by atoms with Crippen LogP contribution in [0.5, 0.6) is 0 Å². The zero-order valence-corrected chi connectivity index (χ0v) is 21.1. The maximum absolute atomic E-state index is 12.8. The van der Waals surface area contributed by atoms with Gasteiger partial charge in [-0.25, -0.2) is 9.59 Å². The third kappa shape index (κ3) is 10.4. The zero-order chi connectivity index (χ0) is 23.8. The van der Waals surface area contributed by atoms with Gasteiger partial charge in [0.1, 0.15) is 17.7 Å². The standard InChI is InChI=1S/C20H40N2O7Si/c1-11-27-17(24)15(13-28-30(9,10)20(5,6)7)21-16(23)14(12-26-8)22-18(25)29-19(2,3)4/h14-15H,11-13H2,1-10H3,(H,21,23)(H,22,25)/t14-,15-/m0/s1. The van der Waals surface area contributed by atoms with E-state index >= 15 is 0 Å². The van der Waals surface area contributed by atoms with Gasteiger partial charge in [-0.1, -0.05) is 20.8 Å². The summed E-state index contributed by atoms with van der Waals surface area (Å²) in [7, 11) is -0.753.